The second kappa shape index (κ2) is 5.36. The maximum absolute atomic E-state index is 11.8. The van der Waals surface area contributed by atoms with Gasteiger partial charge in [0.15, 0.2) is 6.61 Å². The fraction of sp³-hybridized carbons (Fsp3) is 0.800. The summed E-state index contributed by atoms with van der Waals surface area (Å²) in [6, 6.07) is 1.89. The number of hydrogen-bond donors (Lipinski definition) is 1. The number of nitriles is 1. The van der Waals surface area contributed by atoms with Gasteiger partial charge in [-0.25, -0.2) is 5.48 Å². The van der Waals surface area contributed by atoms with Crippen molar-refractivity contribution in [2.45, 2.75) is 38.3 Å². The fourth-order valence-electron chi connectivity index (χ4n) is 1.83. The number of rotatable bonds is 3. The molecule has 1 aliphatic carbocycles. The Kier molecular flexibility index (Phi) is 4.34. The first-order chi connectivity index (χ1) is 7.90. The maximum atomic E-state index is 11.8. The zero-order chi connectivity index (χ0) is 12.9. The van der Waals surface area contributed by atoms with Crippen LogP contribution in [0.1, 0.15) is 32.1 Å². The third-order valence-corrected chi connectivity index (χ3v) is 2.76. The first-order valence-corrected chi connectivity index (χ1v) is 5.30. The van der Waals surface area contributed by atoms with E-state index in [-0.39, 0.29) is 0 Å². The van der Waals surface area contributed by atoms with Crippen molar-refractivity contribution in [2.75, 3.05) is 6.61 Å². The van der Waals surface area contributed by atoms with Crippen LogP contribution in [0.2, 0.25) is 0 Å². The minimum absolute atomic E-state index is 0.366. The van der Waals surface area contributed by atoms with Gasteiger partial charge in [-0.1, -0.05) is 19.3 Å². The molecule has 1 fully saturated rings. The van der Waals surface area contributed by atoms with Crippen LogP contribution in [0.25, 0.3) is 0 Å². The molecule has 0 spiro atoms. The highest BCUT2D eigenvalue weighted by Crippen LogP contribution is 2.35. The Hall–Kier alpha value is -1.29. The van der Waals surface area contributed by atoms with Gasteiger partial charge >= 0.3 is 6.18 Å². The SMILES string of the molecule is N#CC1(C(=O)NOCC(F)(F)F)CCCCC1. The number of alkyl halides is 3. The summed E-state index contributed by atoms with van der Waals surface area (Å²) in [6.07, 6.45) is -1.39. The number of nitrogens with zero attached hydrogens (tertiary/aromatic N) is 1. The Morgan fingerprint density at radius 1 is 1.35 bits per heavy atom. The average Bonchev–Trinajstić information content (AvgIpc) is 2.28. The van der Waals surface area contributed by atoms with Crippen molar-refractivity contribution in [3.63, 3.8) is 0 Å². The molecule has 17 heavy (non-hydrogen) atoms. The highest BCUT2D eigenvalue weighted by atomic mass is 19.4. The molecule has 0 aromatic carbocycles. The van der Waals surface area contributed by atoms with Gasteiger partial charge in [0, 0.05) is 0 Å². The summed E-state index contributed by atoms with van der Waals surface area (Å²) in [5, 5.41) is 8.98. The molecule has 1 aliphatic rings. The number of nitrogens with one attached hydrogen (secondary N) is 1. The van der Waals surface area contributed by atoms with E-state index in [1.54, 1.807) is 5.48 Å². The Morgan fingerprint density at radius 3 is 2.41 bits per heavy atom. The van der Waals surface area contributed by atoms with Gasteiger partial charge in [0.1, 0.15) is 5.41 Å². The molecule has 0 bridgehead atoms. The predicted molar refractivity (Wildman–Crippen MR) is 51.3 cm³/mol. The minimum atomic E-state index is -4.50. The highest BCUT2D eigenvalue weighted by molar-refractivity contribution is 5.84. The molecule has 0 heterocycles. The van der Waals surface area contributed by atoms with Gasteiger partial charge in [-0.05, 0) is 12.8 Å². The standard InChI is InChI=1S/C10H13F3N2O2/c11-10(12,13)7-17-15-8(16)9(6-14)4-2-1-3-5-9/h1-5,7H2,(H,15,16). The van der Waals surface area contributed by atoms with Crippen LogP contribution in [0, 0.1) is 16.7 Å². The Bertz CT molecular complexity index is 316. The number of halogens is 3. The molecule has 1 rings (SSSR count). The van der Waals surface area contributed by atoms with E-state index < -0.39 is 24.1 Å². The van der Waals surface area contributed by atoms with E-state index in [4.69, 9.17) is 5.26 Å². The van der Waals surface area contributed by atoms with E-state index in [0.29, 0.717) is 12.8 Å². The number of carbonyl (C=O) groups is 1. The van der Waals surface area contributed by atoms with Crippen LogP contribution in [0.3, 0.4) is 0 Å². The fourth-order valence-corrected chi connectivity index (χ4v) is 1.83. The van der Waals surface area contributed by atoms with Crippen molar-refractivity contribution in [3.8, 4) is 6.07 Å². The monoisotopic (exact) mass is 250 g/mol. The van der Waals surface area contributed by atoms with E-state index in [9.17, 15) is 18.0 Å². The lowest BCUT2D eigenvalue weighted by Gasteiger charge is -2.28. The molecular weight excluding hydrogens is 237 g/mol. The van der Waals surface area contributed by atoms with Crippen LogP contribution in [-0.2, 0) is 9.63 Å². The molecule has 4 nitrogen and oxygen atoms in total. The summed E-state index contributed by atoms with van der Waals surface area (Å²) in [6.45, 7) is -1.56. The number of hydroxylamine groups is 1. The van der Waals surface area contributed by atoms with Crippen LogP contribution in [0.4, 0.5) is 13.2 Å². The first-order valence-electron chi connectivity index (χ1n) is 5.30. The molecule has 0 aliphatic heterocycles. The van der Waals surface area contributed by atoms with Gasteiger partial charge in [-0.15, -0.1) is 0 Å². The average molecular weight is 250 g/mol. The van der Waals surface area contributed by atoms with Crippen LogP contribution >= 0.6 is 0 Å². The number of amides is 1. The van der Waals surface area contributed by atoms with E-state index in [2.05, 4.69) is 4.84 Å². The molecule has 1 amide bonds. The van der Waals surface area contributed by atoms with Crippen molar-refractivity contribution >= 4 is 5.91 Å². The summed E-state index contributed by atoms with van der Waals surface area (Å²) < 4.78 is 35.4. The third kappa shape index (κ3) is 3.89. The van der Waals surface area contributed by atoms with Crippen molar-refractivity contribution < 1.29 is 22.8 Å². The van der Waals surface area contributed by atoms with Gasteiger partial charge in [0.25, 0.3) is 5.91 Å². The van der Waals surface area contributed by atoms with Crippen LogP contribution < -0.4 is 5.48 Å². The van der Waals surface area contributed by atoms with Crippen molar-refractivity contribution in [1.82, 2.24) is 5.48 Å². The molecular formula is C10H13F3N2O2. The molecule has 0 radical (unpaired) electrons. The summed E-state index contributed by atoms with van der Waals surface area (Å²) >= 11 is 0. The molecule has 0 aromatic rings. The molecule has 1 N–H and O–H groups in total. The van der Waals surface area contributed by atoms with Crippen LogP contribution in [0.5, 0.6) is 0 Å². The predicted octanol–water partition coefficient (Wildman–Crippen LogP) is 2.07. The van der Waals surface area contributed by atoms with E-state index in [1.165, 1.54) is 0 Å². The highest BCUT2D eigenvalue weighted by Gasteiger charge is 2.40. The first kappa shape index (κ1) is 13.8. The largest absolute Gasteiger partial charge is 0.414 e. The number of hydrogen-bond acceptors (Lipinski definition) is 3. The lowest BCUT2D eigenvalue weighted by molar-refractivity contribution is -0.194. The van der Waals surface area contributed by atoms with Gasteiger partial charge < -0.3 is 0 Å². The lowest BCUT2D eigenvalue weighted by atomic mass is 9.75. The normalized spacial score (nSPS) is 19.4. The third-order valence-electron chi connectivity index (χ3n) is 2.76. The van der Waals surface area contributed by atoms with Gasteiger partial charge in [0.2, 0.25) is 0 Å². The quantitative estimate of drug-likeness (QED) is 0.780. The molecule has 96 valence electrons. The van der Waals surface area contributed by atoms with Crippen molar-refractivity contribution in [1.29, 1.82) is 5.26 Å². The summed E-state index contributed by atoms with van der Waals surface area (Å²) in [7, 11) is 0. The van der Waals surface area contributed by atoms with Gasteiger partial charge in [-0.2, -0.15) is 18.4 Å². The topological polar surface area (TPSA) is 62.1 Å². The summed E-state index contributed by atoms with van der Waals surface area (Å²) in [5.41, 5.74) is 0.487. The van der Waals surface area contributed by atoms with Crippen LogP contribution in [-0.4, -0.2) is 18.7 Å². The Morgan fingerprint density at radius 2 is 1.94 bits per heavy atom. The zero-order valence-electron chi connectivity index (χ0n) is 9.14. The van der Waals surface area contributed by atoms with Gasteiger partial charge in [0.05, 0.1) is 6.07 Å². The molecule has 1 saturated carbocycles. The molecule has 0 atom stereocenters. The molecule has 0 unspecified atom stereocenters. The van der Waals surface area contributed by atoms with Crippen molar-refractivity contribution in [3.05, 3.63) is 0 Å². The number of carbonyl (C=O) groups excluding carboxylic acids is 1. The molecule has 0 saturated heterocycles. The van der Waals surface area contributed by atoms with Gasteiger partial charge in [-0.3, -0.25) is 9.63 Å². The summed E-state index contributed by atoms with van der Waals surface area (Å²) in [5.74, 6) is -0.774. The molecule has 7 heteroatoms. The smallest absolute Gasteiger partial charge is 0.271 e. The lowest BCUT2D eigenvalue weighted by Crippen LogP contribution is -2.42. The summed E-state index contributed by atoms with van der Waals surface area (Å²) in [4.78, 5) is 15.7. The second-order valence-electron chi connectivity index (χ2n) is 4.09. The van der Waals surface area contributed by atoms with Crippen molar-refractivity contribution in [2.24, 2.45) is 5.41 Å². The Labute approximate surface area is 96.7 Å². The second-order valence-corrected chi connectivity index (χ2v) is 4.09. The van der Waals surface area contributed by atoms with E-state index >= 15 is 0 Å². The zero-order valence-corrected chi connectivity index (χ0v) is 9.14. The minimum Gasteiger partial charge on any atom is -0.271 e. The van der Waals surface area contributed by atoms with E-state index in [1.807, 2.05) is 6.07 Å². The molecule has 0 aromatic heterocycles. The maximum Gasteiger partial charge on any atom is 0.414 e. The van der Waals surface area contributed by atoms with Crippen LogP contribution in [0.15, 0.2) is 0 Å². The van der Waals surface area contributed by atoms with E-state index in [0.717, 1.165) is 19.3 Å². The Balaban J connectivity index is 2.48.